The van der Waals surface area contributed by atoms with Crippen LogP contribution in [0.4, 0.5) is 0 Å². The summed E-state index contributed by atoms with van der Waals surface area (Å²) in [5, 5.41) is 0. The molecule has 1 heterocycles. The van der Waals surface area contributed by atoms with Gasteiger partial charge in [0.1, 0.15) is 0 Å². The molecule has 0 N–H and O–H groups in total. The Balaban J connectivity index is 1.47. The van der Waals surface area contributed by atoms with Crippen molar-refractivity contribution in [2.24, 2.45) is 0 Å². The predicted octanol–water partition coefficient (Wildman–Crippen LogP) is 5.44. The standard InChI is InChI=1S/C18H28O2S/c1-2-3-4-5-6-7-12-21-13-8-9-16-10-11-17-18(14-16)20-15-19-17/h10-11,14H,2-9,12-13,15H2,1H3. The summed E-state index contributed by atoms with van der Waals surface area (Å²) in [6, 6.07) is 6.31. The SMILES string of the molecule is CCCCCCCCSCCCc1ccc2c(c1)OCO2. The minimum atomic E-state index is 0.368. The van der Waals surface area contributed by atoms with E-state index in [1.807, 2.05) is 6.07 Å². The van der Waals surface area contributed by atoms with E-state index in [-0.39, 0.29) is 0 Å². The third-order valence-corrected chi connectivity index (χ3v) is 4.99. The number of thioether (sulfide) groups is 1. The molecule has 0 aliphatic carbocycles. The molecule has 0 spiro atoms. The first-order valence-electron chi connectivity index (χ1n) is 8.36. The molecule has 0 amide bonds. The zero-order valence-corrected chi connectivity index (χ0v) is 14.1. The number of ether oxygens (including phenoxy) is 2. The molecule has 0 radical (unpaired) electrons. The van der Waals surface area contributed by atoms with Gasteiger partial charge < -0.3 is 9.47 Å². The van der Waals surface area contributed by atoms with Crippen LogP contribution in [0, 0.1) is 0 Å². The van der Waals surface area contributed by atoms with Gasteiger partial charge in [-0.2, -0.15) is 11.8 Å². The molecule has 2 rings (SSSR count). The quantitative estimate of drug-likeness (QED) is 0.507. The summed E-state index contributed by atoms with van der Waals surface area (Å²) in [5.41, 5.74) is 1.36. The predicted molar refractivity (Wildman–Crippen MR) is 91.6 cm³/mol. The van der Waals surface area contributed by atoms with Gasteiger partial charge in [0.2, 0.25) is 6.79 Å². The van der Waals surface area contributed by atoms with Crippen molar-refractivity contribution in [3.8, 4) is 11.5 Å². The molecule has 0 bridgehead atoms. The fraction of sp³-hybridized carbons (Fsp3) is 0.667. The van der Waals surface area contributed by atoms with Crippen LogP contribution < -0.4 is 9.47 Å². The summed E-state index contributed by atoms with van der Waals surface area (Å²) >= 11 is 2.11. The number of unbranched alkanes of at least 4 members (excludes halogenated alkanes) is 5. The Morgan fingerprint density at radius 1 is 0.905 bits per heavy atom. The second kappa shape index (κ2) is 9.99. The van der Waals surface area contributed by atoms with Gasteiger partial charge in [0.05, 0.1) is 0 Å². The molecule has 1 aromatic carbocycles. The fourth-order valence-electron chi connectivity index (χ4n) is 2.56. The number of aryl methyl sites for hydroxylation is 1. The van der Waals surface area contributed by atoms with Crippen LogP contribution >= 0.6 is 11.8 Å². The van der Waals surface area contributed by atoms with Gasteiger partial charge in [0, 0.05) is 0 Å². The van der Waals surface area contributed by atoms with Crippen molar-refractivity contribution in [2.45, 2.75) is 58.3 Å². The molecule has 0 unspecified atom stereocenters. The second-order valence-electron chi connectivity index (χ2n) is 5.67. The normalized spacial score (nSPS) is 12.8. The zero-order chi connectivity index (χ0) is 14.8. The van der Waals surface area contributed by atoms with Crippen LogP contribution in [0.3, 0.4) is 0 Å². The second-order valence-corrected chi connectivity index (χ2v) is 6.90. The average molecular weight is 308 g/mol. The molecule has 0 saturated heterocycles. The minimum absolute atomic E-state index is 0.368. The Bertz CT molecular complexity index is 406. The van der Waals surface area contributed by atoms with Crippen LogP contribution in [0.5, 0.6) is 11.5 Å². The van der Waals surface area contributed by atoms with Crippen LogP contribution in [0.25, 0.3) is 0 Å². The number of hydrogen-bond donors (Lipinski definition) is 0. The van der Waals surface area contributed by atoms with Crippen LogP contribution in [0.1, 0.15) is 57.4 Å². The van der Waals surface area contributed by atoms with E-state index < -0.39 is 0 Å². The van der Waals surface area contributed by atoms with Gasteiger partial charge in [-0.05, 0) is 48.5 Å². The molecule has 0 atom stereocenters. The number of hydrogen-bond acceptors (Lipinski definition) is 3. The summed E-state index contributed by atoms with van der Waals surface area (Å²) in [6.07, 6.45) is 10.8. The van der Waals surface area contributed by atoms with Crippen molar-refractivity contribution in [1.29, 1.82) is 0 Å². The van der Waals surface area contributed by atoms with Crippen molar-refractivity contribution in [3.05, 3.63) is 23.8 Å². The van der Waals surface area contributed by atoms with E-state index >= 15 is 0 Å². The highest BCUT2D eigenvalue weighted by atomic mass is 32.2. The molecule has 2 nitrogen and oxygen atoms in total. The summed E-state index contributed by atoms with van der Waals surface area (Å²) in [6.45, 7) is 2.64. The lowest BCUT2D eigenvalue weighted by Gasteiger charge is -2.04. The monoisotopic (exact) mass is 308 g/mol. The molecule has 3 heteroatoms. The van der Waals surface area contributed by atoms with Crippen LogP contribution in [-0.2, 0) is 6.42 Å². The first-order chi connectivity index (χ1) is 10.4. The number of benzene rings is 1. The van der Waals surface area contributed by atoms with E-state index in [2.05, 4.69) is 30.8 Å². The molecule has 0 aromatic heterocycles. The van der Waals surface area contributed by atoms with Gasteiger partial charge in [0.25, 0.3) is 0 Å². The summed E-state index contributed by atoms with van der Waals surface area (Å²) < 4.78 is 10.7. The van der Waals surface area contributed by atoms with Crippen molar-refractivity contribution >= 4 is 11.8 Å². The van der Waals surface area contributed by atoms with E-state index in [0.29, 0.717) is 6.79 Å². The summed E-state index contributed by atoms with van der Waals surface area (Å²) in [4.78, 5) is 0. The molecular formula is C18H28O2S. The Morgan fingerprint density at radius 3 is 2.57 bits per heavy atom. The van der Waals surface area contributed by atoms with Gasteiger partial charge >= 0.3 is 0 Å². The average Bonchev–Trinajstić information content (AvgIpc) is 2.97. The van der Waals surface area contributed by atoms with Crippen LogP contribution in [0.15, 0.2) is 18.2 Å². The molecular weight excluding hydrogens is 280 g/mol. The van der Waals surface area contributed by atoms with E-state index in [0.717, 1.165) is 17.9 Å². The van der Waals surface area contributed by atoms with Crippen molar-refractivity contribution in [2.75, 3.05) is 18.3 Å². The molecule has 21 heavy (non-hydrogen) atoms. The Labute approximate surface area is 133 Å². The fourth-order valence-corrected chi connectivity index (χ4v) is 3.52. The van der Waals surface area contributed by atoms with Crippen LogP contribution in [-0.4, -0.2) is 18.3 Å². The molecule has 0 fully saturated rings. The van der Waals surface area contributed by atoms with E-state index in [1.54, 1.807) is 0 Å². The zero-order valence-electron chi connectivity index (χ0n) is 13.2. The Hall–Kier alpha value is -0.830. The minimum Gasteiger partial charge on any atom is -0.454 e. The lowest BCUT2D eigenvalue weighted by atomic mass is 10.1. The molecule has 118 valence electrons. The molecule has 1 aliphatic heterocycles. The highest BCUT2D eigenvalue weighted by molar-refractivity contribution is 7.99. The third-order valence-electron chi connectivity index (χ3n) is 3.83. The molecule has 1 aliphatic rings. The van der Waals surface area contributed by atoms with E-state index in [1.165, 1.54) is 62.0 Å². The molecule has 0 saturated carbocycles. The lowest BCUT2D eigenvalue weighted by Crippen LogP contribution is -1.93. The van der Waals surface area contributed by atoms with Crippen molar-refractivity contribution < 1.29 is 9.47 Å². The Morgan fingerprint density at radius 2 is 1.67 bits per heavy atom. The smallest absolute Gasteiger partial charge is 0.231 e. The summed E-state index contributed by atoms with van der Waals surface area (Å²) in [5.74, 6) is 4.39. The molecule has 1 aromatic rings. The first kappa shape index (κ1) is 16.5. The highest BCUT2D eigenvalue weighted by Crippen LogP contribution is 2.32. The van der Waals surface area contributed by atoms with Crippen molar-refractivity contribution in [1.82, 2.24) is 0 Å². The van der Waals surface area contributed by atoms with Crippen molar-refractivity contribution in [3.63, 3.8) is 0 Å². The first-order valence-corrected chi connectivity index (χ1v) is 9.52. The van der Waals surface area contributed by atoms with Gasteiger partial charge in [0.15, 0.2) is 11.5 Å². The maximum absolute atomic E-state index is 5.41. The maximum atomic E-state index is 5.41. The van der Waals surface area contributed by atoms with E-state index in [9.17, 15) is 0 Å². The summed E-state index contributed by atoms with van der Waals surface area (Å²) in [7, 11) is 0. The van der Waals surface area contributed by atoms with Crippen LogP contribution in [0.2, 0.25) is 0 Å². The largest absolute Gasteiger partial charge is 0.454 e. The topological polar surface area (TPSA) is 18.5 Å². The van der Waals surface area contributed by atoms with Gasteiger partial charge in [-0.3, -0.25) is 0 Å². The Kier molecular flexibility index (Phi) is 7.87. The maximum Gasteiger partial charge on any atom is 0.231 e. The number of fused-ring (bicyclic) bond motifs is 1. The van der Waals surface area contributed by atoms with Gasteiger partial charge in [-0.25, -0.2) is 0 Å². The number of rotatable bonds is 11. The highest BCUT2D eigenvalue weighted by Gasteiger charge is 2.12. The van der Waals surface area contributed by atoms with Gasteiger partial charge in [-0.15, -0.1) is 0 Å². The van der Waals surface area contributed by atoms with Gasteiger partial charge in [-0.1, -0.05) is 45.1 Å². The lowest BCUT2D eigenvalue weighted by molar-refractivity contribution is 0.174. The van der Waals surface area contributed by atoms with E-state index in [4.69, 9.17) is 9.47 Å². The third kappa shape index (κ3) is 6.21.